The average molecular weight is 435 g/mol. The lowest BCUT2D eigenvalue weighted by Crippen LogP contribution is -2.50. The Labute approximate surface area is 151 Å². The Morgan fingerprint density at radius 3 is 2.39 bits per heavy atom. The first-order chi connectivity index (χ1) is 10.9. The highest BCUT2D eigenvalue weighted by molar-refractivity contribution is 9.11. The molecule has 1 aliphatic rings. The van der Waals surface area contributed by atoms with Crippen LogP contribution in [0.3, 0.4) is 0 Å². The number of hydrogen-bond acceptors (Lipinski definition) is 5. The van der Waals surface area contributed by atoms with E-state index in [2.05, 4.69) is 15.9 Å². The zero-order chi connectivity index (χ0) is 16.6. The van der Waals surface area contributed by atoms with Crippen LogP contribution in [0.1, 0.15) is 15.2 Å². The number of amides is 1. The molecule has 0 spiro atoms. The van der Waals surface area contributed by atoms with E-state index in [9.17, 15) is 13.2 Å². The summed E-state index contributed by atoms with van der Waals surface area (Å²) in [4.78, 5) is 14.9. The van der Waals surface area contributed by atoms with Crippen LogP contribution in [0.15, 0.2) is 31.6 Å². The molecule has 9 heteroatoms. The number of halogens is 1. The maximum absolute atomic E-state index is 12.6. The second-order valence-corrected chi connectivity index (χ2v) is 10.7. The van der Waals surface area contributed by atoms with Crippen molar-refractivity contribution in [3.63, 3.8) is 0 Å². The highest BCUT2D eigenvalue weighted by Gasteiger charge is 2.31. The third-order valence-electron chi connectivity index (χ3n) is 3.72. The molecule has 0 radical (unpaired) electrons. The summed E-state index contributed by atoms with van der Waals surface area (Å²) in [6.45, 7) is 3.41. The number of piperazine rings is 1. The predicted octanol–water partition coefficient (Wildman–Crippen LogP) is 3.03. The number of thiophene rings is 2. The first kappa shape index (κ1) is 17.1. The fourth-order valence-electron chi connectivity index (χ4n) is 2.43. The van der Waals surface area contributed by atoms with Crippen molar-refractivity contribution in [2.24, 2.45) is 0 Å². The van der Waals surface area contributed by atoms with Gasteiger partial charge in [-0.25, -0.2) is 8.42 Å². The van der Waals surface area contributed by atoms with E-state index < -0.39 is 10.0 Å². The van der Waals surface area contributed by atoms with Crippen LogP contribution in [0.2, 0.25) is 0 Å². The van der Waals surface area contributed by atoms with E-state index in [1.165, 1.54) is 27.0 Å². The fraction of sp³-hybridized carbons (Fsp3) is 0.357. The van der Waals surface area contributed by atoms with Gasteiger partial charge in [-0.05, 0) is 52.0 Å². The van der Waals surface area contributed by atoms with Gasteiger partial charge in [0.1, 0.15) is 4.21 Å². The lowest BCUT2D eigenvalue weighted by molar-refractivity contribution is 0.0702. The lowest BCUT2D eigenvalue weighted by Gasteiger charge is -2.33. The van der Waals surface area contributed by atoms with E-state index in [-0.39, 0.29) is 5.91 Å². The van der Waals surface area contributed by atoms with E-state index in [1.54, 1.807) is 17.0 Å². The molecular weight excluding hydrogens is 420 g/mol. The van der Waals surface area contributed by atoms with Crippen molar-refractivity contribution < 1.29 is 13.2 Å². The first-order valence-electron chi connectivity index (χ1n) is 6.98. The summed E-state index contributed by atoms with van der Waals surface area (Å²) in [5.41, 5.74) is 0.971. The SMILES string of the molecule is Cc1ccsc1C(=O)N1CCN(S(=O)(=O)c2ccc(Br)s2)CC1. The number of rotatable bonds is 3. The molecule has 1 fully saturated rings. The Balaban J connectivity index is 1.69. The van der Waals surface area contributed by atoms with Gasteiger partial charge in [0.05, 0.1) is 8.66 Å². The van der Waals surface area contributed by atoms with E-state index in [4.69, 9.17) is 0 Å². The third-order valence-corrected chi connectivity index (χ3v) is 8.72. The van der Waals surface area contributed by atoms with Crippen LogP contribution in [-0.2, 0) is 10.0 Å². The highest BCUT2D eigenvalue weighted by Crippen LogP contribution is 2.29. The second-order valence-electron chi connectivity index (χ2n) is 5.19. The van der Waals surface area contributed by atoms with E-state index >= 15 is 0 Å². The summed E-state index contributed by atoms with van der Waals surface area (Å²) in [6, 6.07) is 5.26. The molecule has 1 saturated heterocycles. The Morgan fingerprint density at radius 1 is 1.17 bits per heavy atom. The standard InChI is InChI=1S/C14H15BrN2O3S3/c1-10-4-9-21-13(10)14(18)16-5-7-17(8-6-16)23(19,20)12-3-2-11(15)22-12/h2-4,9H,5-8H2,1H3. The van der Waals surface area contributed by atoms with Gasteiger partial charge in [-0.3, -0.25) is 4.79 Å². The minimum Gasteiger partial charge on any atom is -0.335 e. The molecule has 0 saturated carbocycles. The zero-order valence-electron chi connectivity index (χ0n) is 12.4. The van der Waals surface area contributed by atoms with Crippen molar-refractivity contribution in [3.8, 4) is 0 Å². The normalized spacial score (nSPS) is 16.7. The van der Waals surface area contributed by atoms with Gasteiger partial charge in [0, 0.05) is 26.2 Å². The van der Waals surface area contributed by atoms with Crippen LogP contribution in [0.25, 0.3) is 0 Å². The van der Waals surface area contributed by atoms with Crippen molar-refractivity contribution in [2.45, 2.75) is 11.1 Å². The number of carbonyl (C=O) groups excluding carboxylic acids is 1. The molecular formula is C14H15BrN2O3S3. The summed E-state index contributed by atoms with van der Waals surface area (Å²) in [6.07, 6.45) is 0. The molecule has 0 unspecified atom stereocenters. The number of carbonyl (C=O) groups is 1. The van der Waals surface area contributed by atoms with Gasteiger partial charge in [-0.1, -0.05) is 0 Å². The summed E-state index contributed by atoms with van der Waals surface area (Å²) in [7, 11) is -3.47. The molecule has 124 valence electrons. The van der Waals surface area contributed by atoms with Gasteiger partial charge in [0.25, 0.3) is 15.9 Å². The Kier molecular flexibility index (Phi) is 4.93. The number of aryl methyl sites for hydroxylation is 1. The molecule has 1 amide bonds. The first-order valence-corrected chi connectivity index (χ1v) is 10.9. The highest BCUT2D eigenvalue weighted by atomic mass is 79.9. The summed E-state index contributed by atoms with van der Waals surface area (Å²) >= 11 is 5.92. The predicted molar refractivity (Wildman–Crippen MR) is 95.7 cm³/mol. The minimum absolute atomic E-state index is 0.00610. The maximum atomic E-state index is 12.6. The second kappa shape index (κ2) is 6.64. The topological polar surface area (TPSA) is 57.7 Å². The van der Waals surface area contributed by atoms with E-state index in [0.717, 1.165) is 14.2 Å². The molecule has 2 aromatic heterocycles. The minimum atomic E-state index is -3.47. The molecule has 0 aliphatic carbocycles. The Morgan fingerprint density at radius 2 is 1.87 bits per heavy atom. The Hall–Kier alpha value is -0.740. The molecule has 3 heterocycles. The number of nitrogens with zero attached hydrogens (tertiary/aromatic N) is 2. The van der Waals surface area contributed by atoms with Crippen LogP contribution < -0.4 is 0 Å². The molecule has 0 aromatic carbocycles. The zero-order valence-corrected chi connectivity index (χ0v) is 16.4. The molecule has 23 heavy (non-hydrogen) atoms. The van der Waals surface area contributed by atoms with Crippen LogP contribution in [-0.4, -0.2) is 49.7 Å². The monoisotopic (exact) mass is 434 g/mol. The van der Waals surface area contributed by atoms with Crippen molar-refractivity contribution >= 4 is 54.5 Å². The largest absolute Gasteiger partial charge is 0.335 e. The number of sulfonamides is 1. The quantitative estimate of drug-likeness (QED) is 0.745. The van der Waals surface area contributed by atoms with Gasteiger partial charge in [0.2, 0.25) is 0 Å². The molecule has 0 atom stereocenters. The molecule has 3 rings (SSSR count). The van der Waals surface area contributed by atoms with Gasteiger partial charge < -0.3 is 4.90 Å². The van der Waals surface area contributed by atoms with Gasteiger partial charge >= 0.3 is 0 Å². The van der Waals surface area contributed by atoms with Crippen LogP contribution in [0.4, 0.5) is 0 Å². The van der Waals surface area contributed by atoms with E-state index in [1.807, 2.05) is 18.4 Å². The van der Waals surface area contributed by atoms with Gasteiger partial charge in [-0.2, -0.15) is 4.31 Å². The maximum Gasteiger partial charge on any atom is 0.264 e. The van der Waals surface area contributed by atoms with E-state index in [0.29, 0.717) is 30.4 Å². The van der Waals surface area contributed by atoms with Crippen molar-refractivity contribution in [3.05, 3.63) is 37.8 Å². The summed E-state index contributed by atoms with van der Waals surface area (Å²) in [5.74, 6) is -0.00610. The molecule has 5 nitrogen and oxygen atoms in total. The van der Waals surface area contributed by atoms with Gasteiger partial charge in [-0.15, -0.1) is 22.7 Å². The lowest BCUT2D eigenvalue weighted by atomic mass is 10.2. The third kappa shape index (κ3) is 3.39. The molecule has 2 aromatic rings. The van der Waals surface area contributed by atoms with Crippen molar-refractivity contribution in [1.29, 1.82) is 0 Å². The molecule has 0 N–H and O–H groups in total. The number of hydrogen-bond donors (Lipinski definition) is 0. The summed E-state index contributed by atoms with van der Waals surface area (Å²) in [5, 5.41) is 1.90. The average Bonchev–Trinajstić information content (AvgIpc) is 3.15. The smallest absolute Gasteiger partial charge is 0.264 e. The van der Waals surface area contributed by atoms with Crippen LogP contribution >= 0.6 is 38.6 Å². The molecule has 0 bridgehead atoms. The van der Waals surface area contributed by atoms with Crippen molar-refractivity contribution in [1.82, 2.24) is 9.21 Å². The van der Waals surface area contributed by atoms with Crippen LogP contribution in [0.5, 0.6) is 0 Å². The fourth-order valence-corrected chi connectivity index (χ4v) is 6.91. The Bertz CT molecular complexity index is 820. The summed E-state index contributed by atoms with van der Waals surface area (Å²) < 4.78 is 27.7. The molecule has 1 aliphatic heterocycles. The van der Waals surface area contributed by atoms with Gasteiger partial charge in [0.15, 0.2) is 0 Å². The van der Waals surface area contributed by atoms with Crippen LogP contribution in [0, 0.1) is 6.92 Å². The van der Waals surface area contributed by atoms with Crippen molar-refractivity contribution in [2.75, 3.05) is 26.2 Å².